The molecule has 224 valence electrons. The topological polar surface area (TPSA) is 58.6 Å². The number of aryl methyl sites for hydroxylation is 1. The fraction of sp³-hybridized carbons (Fsp3) is 0.765. The van der Waals surface area contributed by atoms with Gasteiger partial charge in [-0.15, -0.1) is 0 Å². The number of carbonyl (C=O) groups is 2. The molecule has 0 aliphatic carbocycles. The Morgan fingerprint density at radius 2 is 1.28 bits per heavy atom. The molecule has 39 heavy (non-hydrogen) atoms. The van der Waals surface area contributed by atoms with Crippen molar-refractivity contribution in [2.75, 3.05) is 27.2 Å². The molecule has 1 aromatic rings. The molecule has 1 N–H and O–H groups in total. The van der Waals surface area contributed by atoms with E-state index < -0.39 is 0 Å². The zero-order valence-electron chi connectivity index (χ0n) is 26.0. The van der Waals surface area contributed by atoms with E-state index in [0.29, 0.717) is 25.1 Å². The van der Waals surface area contributed by atoms with Crippen LogP contribution in [-0.2, 0) is 22.4 Å². The highest BCUT2D eigenvalue weighted by Gasteiger charge is 2.13. The second kappa shape index (κ2) is 24.0. The van der Waals surface area contributed by atoms with E-state index in [0.717, 1.165) is 31.4 Å². The summed E-state index contributed by atoms with van der Waals surface area (Å²) in [5, 5.41) is 3.02. The maximum Gasteiger partial charge on any atom is 0.308 e. The standard InChI is InChI=1S/C34H60N2O3/c1-5-6-7-8-9-10-11-12-13-14-15-16-17-18-19-20-23-31-24-21-25-33(39-30(2)37)32(31)26-27-34(38)35-28-22-29-36(3)4/h21,24-25H,5-20,22-23,26-29H2,1-4H3,(H,35,38). The molecule has 0 aliphatic heterocycles. The molecule has 1 aromatic carbocycles. The number of ether oxygens (including phenoxy) is 1. The van der Waals surface area contributed by atoms with Gasteiger partial charge in [-0.1, -0.05) is 115 Å². The Hall–Kier alpha value is -1.88. The SMILES string of the molecule is CCCCCCCCCCCCCCCCCCc1cccc(OC(C)=O)c1CCC(=O)NCCCN(C)C. The van der Waals surface area contributed by atoms with E-state index in [1.807, 2.05) is 26.2 Å². The van der Waals surface area contributed by atoms with Crippen molar-refractivity contribution in [3.63, 3.8) is 0 Å². The van der Waals surface area contributed by atoms with Crippen molar-refractivity contribution in [3.05, 3.63) is 29.3 Å². The molecule has 0 saturated heterocycles. The van der Waals surface area contributed by atoms with Gasteiger partial charge in [-0.05, 0) is 63.5 Å². The van der Waals surface area contributed by atoms with Crippen molar-refractivity contribution in [2.24, 2.45) is 0 Å². The smallest absolute Gasteiger partial charge is 0.308 e. The number of nitrogens with zero attached hydrogens (tertiary/aromatic N) is 1. The number of carbonyl (C=O) groups excluding carboxylic acids is 2. The largest absolute Gasteiger partial charge is 0.426 e. The quantitative estimate of drug-likeness (QED) is 0.0762. The van der Waals surface area contributed by atoms with Gasteiger partial charge in [0.05, 0.1) is 0 Å². The van der Waals surface area contributed by atoms with E-state index >= 15 is 0 Å². The van der Waals surface area contributed by atoms with Crippen LogP contribution in [0.5, 0.6) is 5.75 Å². The summed E-state index contributed by atoms with van der Waals surface area (Å²) in [4.78, 5) is 26.2. The van der Waals surface area contributed by atoms with E-state index in [9.17, 15) is 9.59 Å². The number of amides is 1. The Morgan fingerprint density at radius 1 is 0.744 bits per heavy atom. The minimum absolute atomic E-state index is 0.0553. The second-order valence-corrected chi connectivity index (χ2v) is 11.5. The van der Waals surface area contributed by atoms with Crippen molar-refractivity contribution in [1.29, 1.82) is 0 Å². The van der Waals surface area contributed by atoms with Gasteiger partial charge in [0.25, 0.3) is 0 Å². The third-order valence-electron chi connectivity index (χ3n) is 7.49. The van der Waals surface area contributed by atoms with Gasteiger partial charge < -0.3 is 15.0 Å². The van der Waals surface area contributed by atoms with E-state index in [1.54, 1.807) is 0 Å². The van der Waals surface area contributed by atoms with Gasteiger partial charge in [-0.25, -0.2) is 0 Å². The fourth-order valence-corrected chi connectivity index (χ4v) is 5.19. The molecule has 0 saturated carbocycles. The number of esters is 1. The minimum Gasteiger partial charge on any atom is -0.426 e. The zero-order valence-corrected chi connectivity index (χ0v) is 26.0. The zero-order chi connectivity index (χ0) is 28.6. The van der Waals surface area contributed by atoms with Crippen LogP contribution in [0.15, 0.2) is 18.2 Å². The van der Waals surface area contributed by atoms with Crippen LogP contribution in [0.1, 0.15) is 141 Å². The third-order valence-corrected chi connectivity index (χ3v) is 7.49. The van der Waals surface area contributed by atoms with Crippen LogP contribution in [0.25, 0.3) is 0 Å². The maximum absolute atomic E-state index is 12.4. The summed E-state index contributed by atoms with van der Waals surface area (Å²) in [7, 11) is 4.07. The number of unbranched alkanes of at least 4 members (excludes halogenated alkanes) is 15. The lowest BCUT2D eigenvalue weighted by atomic mass is 9.96. The predicted molar refractivity (Wildman–Crippen MR) is 166 cm³/mol. The van der Waals surface area contributed by atoms with Crippen molar-refractivity contribution in [3.8, 4) is 5.75 Å². The van der Waals surface area contributed by atoms with Gasteiger partial charge in [-0.2, -0.15) is 0 Å². The summed E-state index contributed by atoms with van der Waals surface area (Å²) in [6, 6.07) is 5.94. The van der Waals surface area contributed by atoms with Crippen molar-refractivity contribution < 1.29 is 14.3 Å². The number of rotatable bonds is 25. The first-order valence-electron chi connectivity index (χ1n) is 16.1. The van der Waals surface area contributed by atoms with Crippen LogP contribution in [-0.4, -0.2) is 44.0 Å². The van der Waals surface area contributed by atoms with Crippen molar-refractivity contribution in [1.82, 2.24) is 10.2 Å². The molecular weight excluding hydrogens is 484 g/mol. The lowest BCUT2D eigenvalue weighted by Crippen LogP contribution is -2.27. The van der Waals surface area contributed by atoms with Crippen LogP contribution < -0.4 is 10.1 Å². The molecule has 0 fully saturated rings. The average Bonchev–Trinajstić information content (AvgIpc) is 2.90. The van der Waals surface area contributed by atoms with Gasteiger partial charge >= 0.3 is 5.97 Å². The van der Waals surface area contributed by atoms with E-state index in [2.05, 4.69) is 23.2 Å². The molecule has 5 heteroatoms. The first-order chi connectivity index (χ1) is 18.9. The molecule has 0 aromatic heterocycles. The monoisotopic (exact) mass is 544 g/mol. The van der Waals surface area contributed by atoms with Crippen molar-refractivity contribution >= 4 is 11.9 Å². The molecule has 5 nitrogen and oxygen atoms in total. The number of hydrogen-bond acceptors (Lipinski definition) is 4. The highest BCUT2D eigenvalue weighted by atomic mass is 16.5. The minimum atomic E-state index is -0.316. The van der Waals surface area contributed by atoms with Gasteiger partial charge in [0.1, 0.15) is 5.75 Å². The summed E-state index contributed by atoms with van der Waals surface area (Å²) in [5.74, 6) is 0.348. The summed E-state index contributed by atoms with van der Waals surface area (Å²) >= 11 is 0. The van der Waals surface area contributed by atoms with E-state index in [-0.39, 0.29) is 11.9 Å². The molecule has 0 bridgehead atoms. The molecule has 0 aliphatic rings. The Morgan fingerprint density at radius 3 is 1.79 bits per heavy atom. The van der Waals surface area contributed by atoms with Crippen molar-refractivity contribution in [2.45, 2.75) is 142 Å². The number of benzene rings is 1. The van der Waals surface area contributed by atoms with Crippen LogP contribution in [0, 0.1) is 0 Å². The maximum atomic E-state index is 12.4. The number of nitrogens with one attached hydrogen (secondary N) is 1. The third kappa shape index (κ3) is 19.8. The highest BCUT2D eigenvalue weighted by Crippen LogP contribution is 2.26. The van der Waals surface area contributed by atoms with Gasteiger partial charge in [-0.3, -0.25) is 9.59 Å². The first kappa shape index (κ1) is 35.1. The van der Waals surface area contributed by atoms with Crippen LogP contribution in [0.4, 0.5) is 0 Å². The van der Waals surface area contributed by atoms with Gasteiger partial charge in [0.15, 0.2) is 0 Å². The molecule has 0 unspecified atom stereocenters. The van der Waals surface area contributed by atoms with Crippen LogP contribution in [0.3, 0.4) is 0 Å². The summed E-state index contributed by atoms with van der Waals surface area (Å²) in [5.41, 5.74) is 2.22. The molecular formula is C34H60N2O3. The van der Waals surface area contributed by atoms with Crippen LogP contribution in [0.2, 0.25) is 0 Å². The highest BCUT2D eigenvalue weighted by molar-refractivity contribution is 5.76. The summed E-state index contributed by atoms with van der Waals surface area (Å²) in [6.07, 6.45) is 24.7. The molecule has 1 rings (SSSR count). The molecule has 0 spiro atoms. The predicted octanol–water partition coefficient (Wildman–Crippen LogP) is 8.42. The van der Waals surface area contributed by atoms with Crippen LogP contribution >= 0.6 is 0 Å². The molecule has 1 amide bonds. The molecule has 0 atom stereocenters. The fourth-order valence-electron chi connectivity index (χ4n) is 5.19. The number of hydrogen-bond donors (Lipinski definition) is 1. The Labute approximate surface area is 240 Å². The molecule has 0 heterocycles. The average molecular weight is 545 g/mol. The summed E-state index contributed by atoms with van der Waals surface area (Å²) < 4.78 is 5.50. The Kier molecular flexibility index (Phi) is 21.6. The van der Waals surface area contributed by atoms with E-state index in [1.165, 1.54) is 109 Å². The second-order valence-electron chi connectivity index (χ2n) is 11.5. The van der Waals surface area contributed by atoms with E-state index in [4.69, 9.17) is 4.74 Å². The lowest BCUT2D eigenvalue weighted by Gasteiger charge is -2.15. The van der Waals surface area contributed by atoms with Gasteiger partial charge in [0, 0.05) is 19.9 Å². The van der Waals surface area contributed by atoms with Gasteiger partial charge in [0.2, 0.25) is 5.91 Å². The Bertz CT molecular complexity index is 763. The first-order valence-corrected chi connectivity index (χ1v) is 16.1. The lowest BCUT2D eigenvalue weighted by molar-refractivity contribution is -0.131. The Balaban J connectivity index is 2.26. The summed E-state index contributed by atoms with van der Waals surface area (Å²) in [6.45, 7) is 5.36. The normalized spacial score (nSPS) is 11.2. The molecule has 0 radical (unpaired) electrons.